The van der Waals surface area contributed by atoms with Crippen molar-refractivity contribution in [1.29, 1.82) is 0 Å². The standard InChI is InChI=1S/C16H21NO7/c1-15(21-3)16(2,22-4)24-14(18)13(23-15)12(10-17(19)20)11-8-6-5-7-9-11/h5-9,12-13H,10H2,1-4H3/t12-,13-,15+,16+/m1/s1. The molecular weight excluding hydrogens is 318 g/mol. The van der Waals surface area contributed by atoms with Crippen LogP contribution in [0.4, 0.5) is 0 Å². The minimum atomic E-state index is -1.47. The van der Waals surface area contributed by atoms with E-state index in [1.54, 1.807) is 37.3 Å². The Hall–Kier alpha value is -2.03. The van der Waals surface area contributed by atoms with E-state index in [-0.39, 0.29) is 0 Å². The van der Waals surface area contributed by atoms with Gasteiger partial charge in [-0.3, -0.25) is 10.1 Å². The normalized spacial score (nSPS) is 31.3. The molecule has 0 N–H and O–H groups in total. The van der Waals surface area contributed by atoms with E-state index in [0.29, 0.717) is 5.56 Å². The topological polar surface area (TPSA) is 97.1 Å². The summed E-state index contributed by atoms with van der Waals surface area (Å²) in [6, 6.07) is 8.68. The van der Waals surface area contributed by atoms with Gasteiger partial charge in [0.05, 0.1) is 5.92 Å². The third kappa shape index (κ3) is 3.26. The second-order valence-corrected chi connectivity index (χ2v) is 5.79. The molecule has 4 atom stereocenters. The zero-order chi connectivity index (χ0) is 18.0. The lowest BCUT2D eigenvalue weighted by molar-refractivity contribution is -0.489. The van der Waals surface area contributed by atoms with Crippen LogP contribution >= 0.6 is 0 Å². The molecule has 1 saturated heterocycles. The lowest BCUT2D eigenvalue weighted by Crippen LogP contribution is -2.65. The van der Waals surface area contributed by atoms with Crippen LogP contribution in [0, 0.1) is 10.1 Å². The Morgan fingerprint density at radius 1 is 1.21 bits per heavy atom. The van der Waals surface area contributed by atoms with E-state index in [4.69, 9.17) is 18.9 Å². The first kappa shape index (κ1) is 18.3. The molecule has 8 heteroatoms. The molecule has 1 aromatic rings. The number of esters is 1. The van der Waals surface area contributed by atoms with Crippen LogP contribution in [0.25, 0.3) is 0 Å². The van der Waals surface area contributed by atoms with Crippen molar-refractivity contribution in [2.24, 2.45) is 0 Å². The highest BCUT2D eigenvalue weighted by Crippen LogP contribution is 2.40. The minimum Gasteiger partial charge on any atom is -0.425 e. The van der Waals surface area contributed by atoms with Gasteiger partial charge in [-0.1, -0.05) is 30.3 Å². The molecule has 1 aliphatic heterocycles. The van der Waals surface area contributed by atoms with Crippen molar-refractivity contribution in [2.75, 3.05) is 20.8 Å². The smallest absolute Gasteiger partial charge is 0.339 e. The zero-order valence-corrected chi connectivity index (χ0v) is 14.1. The fourth-order valence-corrected chi connectivity index (χ4v) is 2.68. The van der Waals surface area contributed by atoms with Gasteiger partial charge < -0.3 is 18.9 Å². The molecule has 0 aliphatic carbocycles. The summed E-state index contributed by atoms with van der Waals surface area (Å²) in [7, 11) is 2.75. The van der Waals surface area contributed by atoms with Gasteiger partial charge in [0.1, 0.15) is 0 Å². The summed E-state index contributed by atoms with van der Waals surface area (Å²) in [6.45, 7) is 2.59. The number of ether oxygens (including phenoxy) is 4. The third-order valence-corrected chi connectivity index (χ3v) is 4.42. The van der Waals surface area contributed by atoms with Crippen LogP contribution in [0.15, 0.2) is 30.3 Å². The monoisotopic (exact) mass is 339 g/mol. The van der Waals surface area contributed by atoms with E-state index in [1.165, 1.54) is 21.1 Å². The van der Waals surface area contributed by atoms with Gasteiger partial charge in [-0.05, 0) is 12.5 Å². The summed E-state index contributed by atoms with van der Waals surface area (Å²) in [5, 5.41) is 11.1. The Kier molecular flexibility index (Phi) is 5.22. The van der Waals surface area contributed by atoms with Gasteiger partial charge in [0.25, 0.3) is 5.79 Å². The SMILES string of the molecule is CO[C@@]1(C)OC(=O)[C@@H]([C@H](C[N+](=O)[O-])c2ccccc2)O[C@]1(C)OC. The van der Waals surface area contributed by atoms with Crippen molar-refractivity contribution in [3.8, 4) is 0 Å². The predicted octanol–water partition coefficient (Wildman–Crippen LogP) is 1.71. The maximum absolute atomic E-state index is 12.5. The van der Waals surface area contributed by atoms with Crippen molar-refractivity contribution in [3.05, 3.63) is 46.0 Å². The van der Waals surface area contributed by atoms with Crippen LogP contribution in [0.2, 0.25) is 0 Å². The van der Waals surface area contributed by atoms with Crippen molar-refractivity contribution in [2.45, 2.75) is 37.4 Å². The number of methoxy groups -OCH3 is 2. The molecule has 0 amide bonds. The van der Waals surface area contributed by atoms with E-state index >= 15 is 0 Å². The minimum absolute atomic E-state index is 0.479. The van der Waals surface area contributed by atoms with Crippen molar-refractivity contribution >= 4 is 5.97 Å². The van der Waals surface area contributed by atoms with E-state index in [1.807, 2.05) is 0 Å². The van der Waals surface area contributed by atoms with E-state index in [9.17, 15) is 14.9 Å². The highest BCUT2D eigenvalue weighted by molar-refractivity contribution is 5.77. The number of hydrogen-bond donors (Lipinski definition) is 0. The lowest BCUT2D eigenvalue weighted by Gasteiger charge is -2.48. The van der Waals surface area contributed by atoms with Gasteiger partial charge in [-0.15, -0.1) is 0 Å². The first-order valence-corrected chi connectivity index (χ1v) is 7.44. The Morgan fingerprint density at radius 3 is 2.29 bits per heavy atom. The molecular formula is C16H21NO7. The van der Waals surface area contributed by atoms with Crippen LogP contribution < -0.4 is 0 Å². The largest absolute Gasteiger partial charge is 0.425 e. The fraction of sp³-hybridized carbons (Fsp3) is 0.562. The second-order valence-electron chi connectivity index (χ2n) is 5.79. The summed E-state index contributed by atoms with van der Waals surface area (Å²) in [5.41, 5.74) is 0.607. The molecule has 0 spiro atoms. The Bertz CT molecular complexity index is 608. The number of carbonyl (C=O) groups excluding carboxylic acids is 1. The molecule has 0 radical (unpaired) electrons. The number of hydrogen-bond acceptors (Lipinski definition) is 7. The van der Waals surface area contributed by atoms with Gasteiger partial charge in [-0.25, -0.2) is 4.79 Å². The highest BCUT2D eigenvalue weighted by Gasteiger charge is 2.59. The molecule has 1 aliphatic rings. The molecule has 24 heavy (non-hydrogen) atoms. The predicted molar refractivity (Wildman–Crippen MR) is 82.8 cm³/mol. The van der Waals surface area contributed by atoms with Gasteiger partial charge in [0, 0.05) is 26.1 Å². The van der Waals surface area contributed by atoms with Gasteiger partial charge in [0.2, 0.25) is 12.3 Å². The number of rotatable bonds is 6. The Morgan fingerprint density at radius 2 is 1.79 bits per heavy atom. The number of benzene rings is 1. The molecule has 1 fully saturated rings. The molecule has 132 valence electrons. The van der Waals surface area contributed by atoms with Crippen LogP contribution in [0.3, 0.4) is 0 Å². The maximum atomic E-state index is 12.5. The lowest BCUT2D eigenvalue weighted by atomic mass is 9.91. The Labute approximate surface area is 139 Å². The zero-order valence-electron chi connectivity index (χ0n) is 14.1. The second kappa shape index (κ2) is 6.84. The molecule has 1 heterocycles. The number of nitro groups is 1. The molecule has 2 rings (SSSR count). The molecule has 1 aromatic carbocycles. The van der Waals surface area contributed by atoms with Gasteiger partial charge in [-0.2, -0.15) is 0 Å². The van der Waals surface area contributed by atoms with Crippen LogP contribution in [-0.4, -0.2) is 49.3 Å². The average molecular weight is 339 g/mol. The third-order valence-electron chi connectivity index (χ3n) is 4.42. The molecule has 0 bridgehead atoms. The van der Waals surface area contributed by atoms with Crippen molar-refractivity contribution in [1.82, 2.24) is 0 Å². The van der Waals surface area contributed by atoms with E-state index in [2.05, 4.69) is 0 Å². The number of carbonyl (C=O) groups is 1. The van der Waals surface area contributed by atoms with E-state index < -0.39 is 41.0 Å². The number of nitrogens with zero attached hydrogens (tertiary/aromatic N) is 1. The summed E-state index contributed by atoms with van der Waals surface area (Å²) >= 11 is 0. The van der Waals surface area contributed by atoms with Crippen LogP contribution in [0.1, 0.15) is 25.3 Å². The summed E-state index contributed by atoms with van der Waals surface area (Å²) in [5.74, 6) is -4.43. The Balaban J connectivity index is 2.40. The first-order valence-electron chi connectivity index (χ1n) is 7.44. The summed E-state index contributed by atoms with van der Waals surface area (Å²) in [4.78, 5) is 23.1. The van der Waals surface area contributed by atoms with Crippen LogP contribution in [0.5, 0.6) is 0 Å². The van der Waals surface area contributed by atoms with Gasteiger partial charge in [0.15, 0.2) is 6.10 Å². The van der Waals surface area contributed by atoms with E-state index in [0.717, 1.165) is 0 Å². The quantitative estimate of drug-likeness (QED) is 0.442. The molecule has 0 aromatic heterocycles. The van der Waals surface area contributed by atoms with Gasteiger partial charge >= 0.3 is 5.97 Å². The van der Waals surface area contributed by atoms with Crippen LogP contribution in [-0.2, 0) is 23.7 Å². The van der Waals surface area contributed by atoms with Crippen molar-refractivity contribution in [3.63, 3.8) is 0 Å². The van der Waals surface area contributed by atoms with Crippen molar-refractivity contribution < 1.29 is 28.7 Å². The first-order chi connectivity index (χ1) is 11.3. The molecule has 8 nitrogen and oxygen atoms in total. The fourth-order valence-electron chi connectivity index (χ4n) is 2.68. The molecule has 0 unspecified atom stereocenters. The summed E-state index contributed by atoms with van der Waals surface area (Å²) in [6.07, 6.45) is -1.19. The highest BCUT2D eigenvalue weighted by atomic mass is 16.8. The average Bonchev–Trinajstić information content (AvgIpc) is 2.57. The number of cyclic esters (lactones) is 1. The maximum Gasteiger partial charge on any atom is 0.339 e. The molecule has 0 saturated carbocycles. The summed E-state index contributed by atoms with van der Waals surface area (Å²) < 4.78 is 21.8.